The molecule has 1 aromatic carbocycles. The number of rotatable bonds is 4. The number of hydrogen-bond donors (Lipinski definition) is 2. The zero-order valence-electron chi connectivity index (χ0n) is 11.6. The van der Waals surface area contributed by atoms with E-state index in [0.29, 0.717) is 6.54 Å². The van der Waals surface area contributed by atoms with Crippen LogP contribution in [0.15, 0.2) is 34.1 Å². The molecule has 0 atom stereocenters. The molecule has 1 aromatic heterocycles. The summed E-state index contributed by atoms with van der Waals surface area (Å²) in [6.07, 6.45) is 1.80. The SMILES string of the molecule is O=C(NCCc1ccc(Br)s1)c1cccc2c1CCNC2. The third-order valence-electron chi connectivity index (χ3n) is 3.67. The second-order valence-corrected chi connectivity index (χ2v) is 7.63. The molecule has 0 aliphatic carbocycles. The Morgan fingerprint density at radius 1 is 1.33 bits per heavy atom. The summed E-state index contributed by atoms with van der Waals surface area (Å²) in [5.41, 5.74) is 3.28. The molecule has 3 nitrogen and oxygen atoms in total. The van der Waals surface area contributed by atoms with Gasteiger partial charge in [0.2, 0.25) is 0 Å². The summed E-state index contributed by atoms with van der Waals surface area (Å²) < 4.78 is 1.13. The highest BCUT2D eigenvalue weighted by Crippen LogP contribution is 2.22. The number of fused-ring (bicyclic) bond motifs is 1. The first-order valence-electron chi connectivity index (χ1n) is 7.08. The average molecular weight is 365 g/mol. The van der Waals surface area contributed by atoms with Gasteiger partial charge in [0.05, 0.1) is 3.79 Å². The molecule has 1 amide bonds. The Kier molecular flexibility index (Phi) is 4.73. The van der Waals surface area contributed by atoms with E-state index in [1.807, 2.05) is 18.2 Å². The van der Waals surface area contributed by atoms with Gasteiger partial charge in [-0.1, -0.05) is 12.1 Å². The second-order valence-electron chi connectivity index (χ2n) is 5.08. The standard InChI is InChI=1S/C16H17BrN2OS/c17-15-5-4-12(21-15)6-9-19-16(20)14-3-1-2-11-10-18-8-7-13(11)14/h1-5,18H,6-10H2,(H,19,20). The summed E-state index contributed by atoms with van der Waals surface area (Å²) in [5.74, 6) is 0.0457. The molecule has 2 aromatic rings. The molecule has 0 saturated heterocycles. The summed E-state index contributed by atoms with van der Waals surface area (Å²) in [6, 6.07) is 10.1. The maximum Gasteiger partial charge on any atom is 0.251 e. The van der Waals surface area contributed by atoms with E-state index in [9.17, 15) is 4.79 Å². The maximum absolute atomic E-state index is 12.4. The Balaban J connectivity index is 1.63. The van der Waals surface area contributed by atoms with Crippen molar-refractivity contribution in [1.29, 1.82) is 0 Å². The van der Waals surface area contributed by atoms with Crippen molar-refractivity contribution >= 4 is 33.2 Å². The van der Waals surface area contributed by atoms with E-state index < -0.39 is 0 Å². The van der Waals surface area contributed by atoms with Crippen molar-refractivity contribution in [3.63, 3.8) is 0 Å². The molecule has 1 aliphatic rings. The molecule has 0 fully saturated rings. The summed E-state index contributed by atoms with van der Waals surface area (Å²) in [7, 11) is 0. The van der Waals surface area contributed by atoms with E-state index in [1.54, 1.807) is 11.3 Å². The van der Waals surface area contributed by atoms with Crippen molar-refractivity contribution in [2.24, 2.45) is 0 Å². The van der Waals surface area contributed by atoms with E-state index in [-0.39, 0.29) is 5.91 Å². The van der Waals surface area contributed by atoms with Crippen LogP contribution in [0.25, 0.3) is 0 Å². The van der Waals surface area contributed by atoms with Gasteiger partial charge in [-0.25, -0.2) is 0 Å². The smallest absolute Gasteiger partial charge is 0.251 e. The second kappa shape index (κ2) is 6.73. The van der Waals surface area contributed by atoms with Crippen molar-refractivity contribution in [3.8, 4) is 0 Å². The van der Waals surface area contributed by atoms with E-state index in [1.165, 1.54) is 16.0 Å². The molecule has 5 heteroatoms. The number of benzene rings is 1. The van der Waals surface area contributed by atoms with Gasteiger partial charge in [0.15, 0.2) is 0 Å². The Morgan fingerprint density at radius 3 is 3.05 bits per heavy atom. The van der Waals surface area contributed by atoms with E-state index >= 15 is 0 Å². The first kappa shape index (κ1) is 14.8. The van der Waals surface area contributed by atoms with Gasteiger partial charge in [0.25, 0.3) is 5.91 Å². The lowest BCUT2D eigenvalue weighted by Crippen LogP contribution is -2.30. The first-order chi connectivity index (χ1) is 10.2. The van der Waals surface area contributed by atoms with Crippen LogP contribution < -0.4 is 10.6 Å². The number of hydrogen-bond acceptors (Lipinski definition) is 3. The molecular formula is C16H17BrN2OS. The van der Waals surface area contributed by atoms with Crippen LogP contribution in [0.3, 0.4) is 0 Å². The number of halogens is 1. The molecule has 0 spiro atoms. The van der Waals surface area contributed by atoms with Gasteiger partial charge in [-0.15, -0.1) is 11.3 Å². The zero-order valence-corrected chi connectivity index (χ0v) is 14.0. The summed E-state index contributed by atoms with van der Waals surface area (Å²) >= 11 is 5.17. The topological polar surface area (TPSA) is 41.1 Å². The predicted octanol–water partition coefficient (Wildman–Crippen LogP) is 3.13. The molecule has 3 rings (SSSR count). The van der Waals surface area contributed by atoms with Crippen molar-refractivity contribution < 1.29 is 4.79 Å². The van der Waals surface area contributed by atoms with Crippen LogP contribution >= 0.6 is 27.3 Å². The van der Waals surface area contributed by atoms with Crippen LogP contribution in [0.4, 0.5) is 0 Å². The maximum atomic E-state index is 12.4. The van der Waals surface area contributed by atoms with Crippen LogP contribution in [0.1, 0.15) is 26.4 Å². The normalized spacial score (nSPS) is 13.8. The van der Waals surface area contributed by atoms with E-state index in [4.69, 9.17) is 0 Å². The highest BCUT2D eigenvalue weighted by atomic mass is 79.9. The Morgan fingerprint density at radius 2 is 2.24 bits per heavy atom. The highest BCUT2D eigenvalue weighted by Gasteiger charge is 2.16. The molecule has 21 heavy (non-hydrogen) atoms. The highest BCUT2D eigenvalue weighted by molar-refractivity contribution is 9.11. The number of carbonyl (C=O) groups is 1. The lowest BCUT2D eigenvalue weighted by molar-refractivity contribution is 0.0953. The summed E-state index contributed by atoms with van der Waals surface area (Å²) in [4.78, 5) is 13.7. The zero-order chi connectivity index (χ0) is 14.7. The van der Waals surface area contributed by atoms with Crippen LogP contribution in [-0.2, 0) is 19.4 Å². The number of carbonyl (C=O) groups excluding carboxylic acids is 1. The van der Waals surface area contributed by atoms with Gasteiger partial charge < -0.3 is 10.6 Å². The van der Waals surface area contributed by atoms with Gasteiger partial charge in [-0.05, 0) is 64.6 Å². The lowest BCUT2D eigenvalue weighted by Gasteiger charge is -2.19. The van der Waals surface area contributed by atoms with Crippen LogP contribution in [0.5, 0.6) is 0 Å². The third-order valence-corrected chi connectivity index (χ3v) is 5.35. The molecular weight excluding hydrogens is 348 g/mol. The number of nitrogens with one attached hydrogen (secondary N) is 2. The van der Waals surface area contributed by atoms with Crippen LogP contribution in [0, 0.1) is 0 Å². The van der Waals surface area contributed by atoms with Crippen LogP contribution in [0.2, 0.25) is 0 Å². The lowest BCUT2D eigenvalue weighted by atomic mass is 9.95. The van der Waals surface area contributed by atoms with Crippen molar-refractivity contribution in [2.75, 3.05) is 13.1 Å². The molecule has 2 heterocycles. The van der Waals surface area contributed by atoms with Crippen molar-refractivity contribution in [3.05, 3.63) is 55.7 Å². The van der Waals surface area contributed by atoms with Gasteiger partial charge >= 0.3 is 0 Å². The predicted molar refractivity (Wildman–Crippen MR) is 89.9 cm³/mol. The minimum atomic E-state index is 0.0457. The first-order valence-corrected chi connectivity index (χ1v) is 8.69. The fraction of sp³-hybridized carbons (Fsp3) is 0.312. The van der Waals surface area contributed by atoms with Crippen molar-refractivity contribution in [2.45, 2.75) is 19.4 Å². The number of thiophene rings is 1. The largest absolute Gasteiger partial charge is 0.352 e. The average Bonchev–Trinajstić information content (AvgIpc) is 2.92. The molecule has 0 radical (unpaired) electrons. The minimum Gasteiger partial charge on any atom is -0.352 e. The quantitative estimate of drug-likeness (QED) is 0.874. The van der Waals surface area contributed by atoms with Crippen molar-refractivity contribution in [1.82, 2.24) is 10.6 Å². The molecule has 110 valence electrons. The van der Waals surface area contributed by atoms with E-state index in [2.05, 4.69) is 38.7 Å². The monoisotopic (exact) mass is 364 g/mol. The fourth-order valence-electron chi connectivity index (χ4n) is 2.63. The van der Waals surface area contributed by atoms with E-state index in [0.717, 1.165) is 35.3 Å². The number of amides is 1. The molecule has 0 unspecified atom stereocenters. The van der Waals surface area contributed by atoms with Gasteiger partial charge in [0, 0.05) is 23.5 Å². The molecule has 2 N–H and O–H groups in total. The molecule has 0 saturated carbocycles. The van der Waals surface area contributed by atoms with Crippen LogP contribution in [-0.4, -0.2) is 19.0 Å². The minimum absolute atomic E-state index is 0.0457. The Hall–Kier alpha value is -1.17. The van der Waals surface area contributed by atoms with Gasteiger partial charge in [-0.3, -0.25) is 4.79 Å². The molecule has 1 aliphatic heterocycles. The third kappa shape index (κ3) is 3.54. The van der Waals surface area contributed by atoms with Gasteiger partial charge in [0.1, 0.15) is 0 Å². The fourth-order valence-corrected chi connectivity index (χ4v) is 4.11. The summed E-state index contributed by atoms with van der Waals surface area (Å²) in [6.45, 7) is 2.48. The Bertz CT molecular complexity index is 653. The van der Waals surface area contributed by atoms with Gasteiger partial charge in [-0.2, -0.15) is 0 Å². The summed E-state index contributed by atoms with van der Waals surface area (Å²) in [5, 5.41) is 6.38. The Labute approximate surface area is 136 Å². The molecule has 0 bridgehead atoms.